The minimum Gasteiger partial charge on any atom is -0.468 e. The molecule has 0 saturated carbocycles. The van der Waals surface area contributed by atoms with Crippen LogP contribution < -0.4 is 0 Å². The van der Waals surface area contributed by atoms with E-state index in [-0.39, 0.29) is 11.8 Å². The van der Waals surface area contributed by atoms with Gasteiger partial charge in [-0.3, -0.25) is 14.8 Å². The van der Waals surface area contributed by atoms with Crippen LogP contribution in [0.25, 0.3) is 0 Å². The SMILES string of the molecule is CN(Cc1n[nH]c2c1CCC2)C(=O)[C@H]1CCCN(Cc2ccco2)C1. The summed E-state index contributed by atoms with van der Waals surface area (Å²) in [6, 6.07) is 3.91. The van der Waals surface area contributed by atoms with Crippen molar-refractivity contribution in [3.8, 4) is 0 Å². The largest absolute Gasteiger partial charge is 0.468 e. The third-order valence-corrected chi connectivity index (χ3v) is 5.47. The van der Waals surface area contributed by atoms with Gasteiger partial charge in [0.25, 0.3) is 0 Å². The lowest BCUT2D eigenvalue weighted by molar-refractivity contribution is -0.136. The topological polar surface area (TPSA) is 65.4 Å². The number of nitrogens with zero attached hydrogens (tertiary/aromatic N) is 3. The zero-order chi connectivity index (χ0) is 17.2. The molecule has 1 fully saturated rings. The van der Waals surface area contributed by atoms with Crippen molar-refractivity contribution in [1.82, 2.24) is 20.0 Å². The number of carbonyl (C=O) groups excluding carboxylic acids is 1. The molecule has 0 radical (unpaired) electrons. The Morgan fingerprint density at radius 2 is 2.36 bits per heavy atom. The van der Waals surface area contributed by atoms with Crippen LogP contribution in [-0.4, -0.2) is 46.0 Å². The molecule has 6 heteroatoms. The lowest BCUT2D eigenvalue weighted by Crippen LogP contribution is -2.43. The normalized spacial score (nSPS) is 20.6. The van der Waals surface area contributed by atoms with Crippen LogP contribution in [0.3, 0.4) is 0 Å². The van der Waals surface area contributed by atoms with Gasteiger partial charge in [-0.05, 0) is 56.3 Å². The van der Waals surface area contributed by atoms with Crippen LogP contribution in [0.5, 0.6) is 0 Å². The summed E-state index contributed by atoms with van der Waals surface area (Å²) in [5.41, 5.74) is 3.65. The number of aromatic nitrogens is 2. The second-order valence-corrected chi connectivity index (χ2v) is 7.33. The summed E-state index contributed by atoms with van der Waals surface area (Å²) in [4.78, 5) is 17.1. The van der Waals surface area contributed by atoms with Gasteiger partial charge in [-0.2, -0.15) is 5.10 Å². The molecule has 134 valence electrons. The third-order valence-electron chi connectivity index (χ3n) is 5.47. The van der Waals surface area contributed by atoms with Gasteiger partial charge in [0.15, 0.2) is 0 Å². The molecule has 25 heavy (non-hydrogen) atoms. The van der Waals surface area contributed by atoms with Gasteiger partial charge in [-0.15, -0.1) is 0 Å². The van der Waals surface area contributed by atoms with E-state index in [0.29, 0.717) is 6.54 Å². The zero-order valence-electron chi connectivity index (χ0n) is 14.8. The Labute approximate surface area is 148 Å². The number of fused-ring (bicyclic) bond motifs is 1. The molecular weight excluding hydrogens is 316 g/mol. The minimum absolute atomic E-state index is 0.0701. The summed E-state index contributed by atoms with van der Waals surface area (Å²) in [5.74, 6) is 1.27. The van der Waals surface area contributed by atoms with Gasteiger partial charge in [0.2, 0.25) is 5.91 Å². The number of likely N-dealkylation sites (tertiary alicyclic amines) is 1. The summed E-state index contributed by atoms with van der Waals surface area (Å²) in [6.07, 6.45) is 7.10. The maximum atomic E-state index is 12.9. The van der Waals surface area contributed by atoms with Gasteiger partial charge >= 0.3 is 0 Å². The van der Waals surface area contributed by atoms with Gasteiger partial charge in [0, 0.05) is 19.3 Å². The predicted molar refractivity (Wildman–Crippen MR) is 93.8 cm³/mol. The van der Waals surface area contributed by atoms with Crippen molar-refractivity contribution in [3.63, 3.8) is 0 Å². The Bertz CT molecular complexity index is 722. The number of rotatable bonds is 5. The maximum Gasteiger partial charge on any atom is 0.227 e. The van der Waals surface area contributed by atoms with E-state index in [0.717, 1.165) is 56.8 Å². The van der Waals surface area contributed by atoms with Crippen LogP contribution in [0.4, 0.5) is 0 Å². The molecule has 3 heterocycles. The Hall–Kier alpha value is -2.08. The zero-order valence-corrected chi connectivity index (χ0v) is 14.8. The molecular formula is C19H26N4O2. The van der Waals surface area contributed by atoms with E-state index in [9.17, 15) is 4.79 Å². The number of hydrogen-bond acceptors (Lipinski definition) is 4. The summed E-state index contributed by atoms with van der Waals surface area (Å²) < 4.78 is 5.44. The Morgan fingerprint density at radius 1 is 1.44 bits per heavy atom. The number of aromatic amines is 1. The summed E-state index contributed by atoms with van der Waals surface area (Å²) in [7, 11) is 1.91. The van der Waals surface area contributed by atoms with E-state index in [1.54, 1.807) is 6.26 Å². The van der Waals surface area contributed by atoms with Crippen LogP contribution in [0.1, 0.15) is 42.0 Å². The van der Waals surface area contributed by atoms with Crippen LogP contribution in [0, 0.1) is 5.92 Å². The number of H-pyrrole nitrogens is 1. The molecule has 1 aliphatic carbocycles. The maximum absolute atomic E-state index is 12.9. The Kier molecular flexibility index (Phi) is 4.61. The second kappa shape index (κ2) is 7.04. The minimum atomic E-state index is 0.0701. The lowest BCUT2D eigenvalue weighted by Gasteiger charge is -2.33. The van der Waals surface area contributed by atoms with Crippen LogP contribution >= 0.6 is 0 Å². The number of piperidine rings is 1. The van der Waals surface area contributed by atoms with Crippen molar-refractivity contribution in [3.05, 3.63) is 41.1 Å². The Balaban J connectivity index is 1.36. The standard InChI is InChI=1S/C19H26N4O2/c1-22(13-18-16-7-2-8-17(16)20-21-18)19(24)14-5-3-9-23(11-14)12-15-6-4-10-25-15/h4,6,10,14H,2-3,5,7-9,11-13H2,1H3,(H,20,21)/t14-/m0/s1. The number of furan rings is 1. The average molecular weight is 342 g/mol. The first-order valence-corrected chi connectivity index (χ1v) is 9.25. The Morgan fingerprint density at radius 3 is 3.20 bits per heavy atom. The lowest BCUT2D eigenvalue weighted by atomic mass is 9.96. The van der Waals surface area contributed by atoms with Crippen molar-refractivity contribution in [2.45, 2.75) is 45.2 Å². The number of aryl methyl sites for hydroxylation is 1. The highest BCUT2D eigenvalue weighted by Crippen LogP contribution is 2.25. The highest BCUT2D eigenvalue weighted by molar-refractivity contribution is 5.79. The van der Waals surface area contributed by atoms with Crippen molar-refractivity contribution < 1.29 is 9.21 Å². The van der Waals surface area contributed by atoms with Crippen LogP contribution in [0.2, 0.25) is 0 Å². The van der Waals surface area contributed by atoms with E-state index < -0.39 is 0 Å². The average Bonchev–Trinajstić information content (AvgIpc) is 3.34. The molecule has 4 rings (SSSR count). The van der Waals surface area contributed by atoms with Gasteiger partial charge < -0.3 is 9.32 Å². The molecule has 0 unspecified atom stereocenters. The smallest absolute Gasteiger partial charge is 0.227 e. The van der Waals surface area contributed by atoms with Gasteiger partial charge in [-0.25, -0.2) is 0 Å². The molecule has 1 N–H and O–H groups in total. The van der Waals surface area contributed by atoms with Gasteiger partial charge in [0.05, 0.1) is 31.0 Å². The first-order chi connectivity index (χ1) is 12.2. The molecule has 1 aliphatic heterocycles. The van der Waals surface area contributed by atoms with Crippen molar-refractivity contribution in [2.24, 2.45) is 5.92 Å². The molecule has 1 atom stereocenters. The quantitative estimate of drug-likeness (QED) is 0.906. The highest BCUT2D eigenvalue weighted by Gasteiger charge is 2.29. The van der Waals surface area contributed by atoms with Crippen molar-refractivity contribution in [2.75, 3.05) is 20.1 Å². The number of nitrogens with one attached hydrogen (secondary N) is 1. The molecule has 2 aromatic heterocycles. The molecule has 0 bridgehead atoms. The summed E-state index contributed by atoms with van der Waals surface area (Å²) in [5, 5.41) is 7.56. The van der Waals surface area contributed by atoms with Crippen molar-refractivity contribution >= 4 is 5.91 Å². The van der Waals surface area contributed by atoms with E-state index in [1.807, 2.05) is 24.1 Å². The molecule has 0 spiro atoms. The molecule has 2 aromatic rings. The fraction of sp³-hybridized carbons (Fsp3) is 0.579. The van der Waals surface area contributed by atoms with E-state index >= 15 is 0 Å². The predicted octanol–water partition coefficient (Wildman–Crippen LogP) is 2.36. The fourth-order valence-electron chi connectivity index (χ4n) is 4.16. The van der Waals surface area contributed by atoms with Gasteiger partial charge in [0.1, 0.15) is 5.76 Å². The number of hydrogen-bond donors (Lipinski definition) is 1. The van der Waals surface area contributed by atoms with Gasteiger partial charge in [-0.1, -0.05) is 0 Å². The first kappa shape index (κ1) is 16.4. The molecule has 0 aromatic carbocycles. The fourth-order valence-corrected chi connectivity index (χ4v) is 4.16. The monoisotopic (exact) mass is 342 g/mol. The second-order valence-electron chi connectivity index (χ2n) is 7.33. The number of amides is 1. The molecule has 6 nitrogen and oxygen atoms in total. The highest BCUT2D eigenvalue weighted by atomic mass is 16.3. The summed E-state index contributed by atoms with van der Waals surface area (Å²) >= 11 is 0. The third kappa shape index (κ3) is 3.49. The van der Waals surface area contributed by atoms with E-state index in [4.69, 9.17) is 4.42 Å². The van der Waals surface area contributed by atoms with Crippen molar-refractivity contribution in [1.29, 1.82) is 0 Å². The first-order valence-electron chi connectivity index (χ1n) is 9.25. The van der Waals surface area contributed by atoms with Crippen LogP contribution in [-0.2, 0) is 30.7 Å². The molecule has 2 aliphatic rings. The van der Waals surface area contributed by atoms with Crippen LogP contribution in [0.15, 0.2) is 22.8 Å². The molecule has 1 amide bonds. The molecule has 1 saturated heterocycles. The summed E-state index contributed by atoms with van der Waals surface area (Å²) in [6.45, 7) is 3.23. The number of carbonyl (C=O) groups is 1. The van der Waals surface area contributed by atoms with E-state index in [2.05, 4.69) is 15.1 Å². The van der Waals surface area contributed by atoms with E-state index in [1.165, 1.54) is 17.7 Å².